The molecule has 5 heteroatoms. The molecule has 5 nitrogen and oxygen atoms in total. The first kappa shape index (κ1) is 13.4. The van der Waals surface area contributed by atoms with Crippen molar-refractivity contribution >= 4 is 23.0 Å². The summed E-state index contributed by atoms with van der Waals surface area (Å²) in [5.41, 5.74) is 3.97. The first-order valence-corrected chi connectivity index (χ1v) is 6.41. The molecule has 0 spiro atoms. The Kier molecular flexibility index (Phi) is 3.46. The van der Waals surface area contributed by atoms with Gasteiger partial charge in [-0.25, -0.2) is 9.78 Å². The number of aromatic nitrogens is 2. The smallest absolute Gasteiger partial charge is 0.326 e. The summed E-state index contributed by atoms with van der Waals surface area (Å²) < 4.78 is 1.74. The van der Waals surface area contributed by atoms with Crippen LogP contribution in [0.2, 0.25) is 0 Å². The van der Waals surface area contributed by atoms with Crippen LogP contribution >= 0.6 is 0 Å². The van der Waals surface area contributed by atoms with Crippen molar-refractivity contribution in [1.29, 1.82) is 0 Å². The van der Waals surface area contributed by atoms with Crippen LogP contribution < -0.4 is 5.32 Å². The molecule has 19 heavy (non-hydrogen) atoms. The largest absolute Gasteiger partial charge is 0.480 e. The molecule has 0 radical (unpaired) electrons. The second-order valence-electron chi connectivity index (χ2n) is 4.78. The lowest BCUT2D eigenvalue weighted by atomic mass is 10.1. The Bertz CT molecular complexity index is 631. The van der Waals surface area contributed by atoms with Crippen LogP contribution in [0, 0.1) is 13.8 Å². The summed E-state index contributed by atoms with van der Waals surface area (Å²) in [6, 6.07) is 3.34. The third kappa shape index (κ3) is 2.28. The molecule has 1 aromatic carbocycles. The minimum Gasteiger partial charge on any atom is -0.480 e. The molecule has 0 fully saturated rings. The van der Waals surface area contributed by atoms with Gasteiger partial charge in [0.15, 0.2) is 0 Å². The number of imidazole rings is 1. The predicted octanol–water partition coefficient (Wildman–Crippen LogP) is 2.73. The molecule has 2 aromatic rings. The molecule has 1 unspecified atom stereocenters. The Morgan fingerprint density at radius 2 is 2.05 bits per heavy atom. The van der Waals surface area contributed by atoms with Crippen molar-refractivity contribution in [2.75, 3.05) is 11.9 Å². The standard InChI is InChI=1S/C14H19N3O2/c1-5-15-14-16-11-6-8(2)9(3)7-12(11)17(14)10(4)13(18)19/h6-7,10H,5H2,1-4H3,(H,15,16)(H,18,19). The predicted molar refractivity (Wildman–Crippen MR) is 75.7 cm³/mol. The van der Waals surface area contributed by atoms with E-state index in [0.29, 0.717) is 12.5 Å². The lowest BCUT2D eigenvalue weighted by molar-refractivity contribution is -0.140. The summed E-state index contributed by atoms with van der Waals surface area (Å²) in [7, 11) is 0. The molecule has 0 aliphatic carbocycles. The monoisotopic (exact) mass is 261 g/mol. The average molecular weight is 261 g/mol. The summed E-state index contributed by atoms with van der Waals surface area (Å²) in [5, 5.41) is 12.4. The second kappa shape index (κ2) is 4.91. The van der Waals surface area contributed by atoms with E-state index in [1.165, 1.54) is 0 Å². The van der Waals surface area contributed by atoms with Gasteiger partial charge in [-0.15, -0.1) is 0 Å². The zero-order valence-electron chi connectivity index (χ0n) is 11.7. The third-order valence-corrected chi connectivity index (χ3v) is 3.38. The summed E-state index contributed by atoms with van der Waals surface area (Å²) in [6.45, 7) is 8.38. The molecular weight excluding hydrogens is 242 g/mol. The van der Waals surface area contributed by atoms with E-state index in [4.69, 9.17) is 0 Å². The minimum atomic E-state index is -0.864. The number of carbonyl (C=O) groups is 1. The molecule has 0 bridgehead atoms. The van der Waals surface area contributed by atoms with E-state index in [0.717, 1.165) is 22.2 Å². The Morgan fingerprint density at radius 1 is 1.42 bits per heavy atom. The van der Waals surface area contributed by atoms with Gasteiger partial charge in [0, 0.05) is 6.54 Å². The number of anilines is 1. The Hall–Kier alpha value is -2.04. The highest BCUT2D eigenvalue weighted by Crippen LogP contribution is 2.27. The van der Waals surface area contributed by atoms with Crippen LogP contribution in [0.5, 0.6) is 0 Å². The van der Waals surface area contributed by atoms with Crippen LogP contribution in [-0.4, -0.2) is 27.2 Å². The molecule has 0 aliphatic rings. The van der Waals surface area contributed by atoms with Crippen LogP contribution in [0.4, 0.5) is 5.95 Å². The Balaban J connectivity index is 2.72. The number of aryl methyl sites for hydroxylation is 2. The maximum atomic E-state index is 11.3. The first-order valence-electron chi connectivity index (χ1n) is 6.41. The van der Waals surface area contributed by atoms with Crippen molar-refractivity contribution < 1.29 is 9.90 Å². The number of carboxylic acids is 1. The minimum absolute atomic E-state index is 0.609. The molecule has 102 valence electrons. The number of nitrogens with one attached hydrogen (secondary N) is 1. The van der Waals surface area contributed by atoms with E-state index in [9.17, 15) is 9.90 Å². The normalized spacial score (nSPS) is 12.6. The number of aliphatic carboxylic acids is 1. The molecule has 0 amide bonds. The fraction of sp³-hybridized carbons (Fsp3) is 0.429. The van der Waals surface area contributed by atoms with Gasteiger partial charge in [-0.05, 0) is 51.0 Å². The van der Waals surface area contributed by atoms with E-state index >= 15 is 0 Å². The van der Waals surface area contributed by atoms with Gasteiger partial charge in [0.1, 0.15) is 6.04 Å². The molecule has 1 heterocycles. The molecule has 1 aromatic heterocycles. The van der Waals surface area contributed by atoms with Crippen molar-refractivity contribution in [1.82, 2.24) is 9.55 Å². The van der Waals surface area contributed by atoms with Crippen molar-refractivity contribution in [3.05, 3.63) is 23.3 Å². The molecular formula is C14H19N3O2. The molecule has 1 atom stereocenters. The second-order valence-corrected chi connectivity index (χ2v) is 4.78. The van der Waals surface area contributed by atoms with Crippen molar-refractivity contribution in [3.63, 3.8) is 0 Å². The summed E-state index contributed by atoms with van der Waals surface area (Å²) >= 11 is 0. The van der Waals surface area contributed by atoms with Crippen LogP contribution in [0.25, 0.3) is 11.0 Å². The van der Waals surface area contributed by atoms with E-state index in [1.54, 1.807) is 11.5 Å². The maximum Gasteiger partial charge on any atom is 0.326 e. The quantitative estimate of drug-likeness (QED) is 0.888. The highest BCUT2D eigenvalue weighted by atomic mass is 16.4. The van der Waals surface area contributed by atoms with Gasteiger partial charge in [-0.1, -0.05) is 0 Å². The summed E-state index contributed by atoms with van der Waals surface area (Å²) in [6.07, 6.45) is 0. The fourth-order valence-electron chi connectivity index (χ4n) is 2.14. The molecule has 2 N–H and O–H groups in total. The van der Waals surface area contributed by atoms with Gasteiger partial charge in [0.25, 0.3) is 0 Å². The lowest BCUT2D eigenvalue weighted by Gasteiger charge is -2.14. The zero-order chi connectivity index (χ0) is 14.2. The molecule has 0 saturated heterocycles. The van der Waals surface area contributed by atoms with Gasteiger partial charge in [0.2, 0.25) is 5.95 Å². The van der Waals surface area contributed by atoms with Crippen molar-refractivity contribution in [3.8, 4) is 0 Å². The number of rotatable bonds is 4. The van der Waals surface area contributed by atoms with Crippen molar-refractivity contribution in [2.45, 2.75) is 33.7 Å². The summed E-state index contributed by atoms with van der Waals surface area (Å²) in [4.78, 5) is 15.8. The van der Waals surface area contributed by atoms with Gasteiger partial charge >= 0.3 is 5.97 Å². The number of fused-ring (bicyclic) bond motifs is 1. The van der Waals surface area contributed by atoms with Crippen molar-refractivity contribution in [2.24, 2.45) is 0 Å². The van der Waals surface area contributed by atoms with E-state index < -0.39 is 12.0 Å². The third-order valence-electron chi connectivity index (χ3n) is 3.38. The number of hydrogen-bond donors (Lipinski definition) is 2. The SMILES string of the molecule is CCNc1nc2cc(C)c(C)cc2n1C(C)C(=O)O. The van der Waals surface area contributed by atoms with Gasteiger partial charge < -0.3 is 10.4 Å². The maximum absolute atomic E-state index is 11.3. The molecule has 0 aliphatic heterocycles. The number of hydrogen-bond acceptors (Lipinski definition) is 3. The number of carboxylic acid groups (broad SMARTS) is 1. The Morgan fingerprint density at radius 3 is 2.63 bits per heavy atom. The Labute approximate surface area is 112 Å². The van der Waals surface area contributed by atoms with Crippen LogP contribution in [-0.2, 0) is 4.79 Å². The van der Waals surface area contributed by atoms with E-state index in [2.05, 4.69) is 10.3 Å². The molecule has 0 saturated carbocycles. The highest BCUT2D eigenvalue weighted by molar-refractivity contribution is 5.84. The fourth-order valence-corrected chi connectivity index (χ4v) is 2.14. The first-order chi connectivity index (χ1) is 8.95. The summed E-state index contributed by atoms with van der Waals surface area (Å²) in [5.74, 6) is -0.255. The average Bonchev–Trinajstić information content (AvgIpc) is 2.66. The van der Waals surface area contributed by atoms with Crippen LogP contribution in [0.1, 0.15) is 31.0 Å². The van der Waals surface area contributed by atoms with E-state index in [-0.39, 0.29) is 0 Å². The van der Waals surface area contributed by atoms with Crippen LogP contribution in [0.15, 0.2) is 12.1 Å². The lowest BCUT2D eigenvalue weighted by Crippen LogP contribution is -2.18. The zero-order valence-corrected chi connectivity index (χ0v) is 11.7. The van der Waals surface area contributed by atoms with Crippen LogP contribution in [0.3, 0.4) is 0 Å². The highest BCUT2D eigenvalue weighted by Gasteiger charge is 2.21. The van der Waals surface area contributed by atoms with Gasteiger partial charge in [-0.3, -0.25) is 4.57 Å². The number of nitrogens with zero attached hydrogens (tertiary/aromatic N) is 2. The molecule has 2 rings (SSSR count). The van der Waals surface area contributed by atoms with Gasteiger partial charge in [-0.2, -0.15) is 0 Å². The topological polar surface area (TPSA) is 67.2 Å². The van der Waals surface area contributed by atoms with Gasteiger partial charge in [0.05, 0.1) is 11.0 Å². The number of benzene rings is 1. The van der Waals surface area contributed by atoms with E-state index in [1.807, 2.05) is 32.9 Å².